The van der Waals surface area contributed by atoms with Crippen LogP contribution in [0.2, 0.25) is 0 Å². The second-order valence-electron chi connectivity index (χ2n) is 11.1. The number of aliphatic carboxylic acids is 1. The van der Waals surface area contributed by atoms with E-state index in [2.05, 4.69) is 31.8 Å². The maximum atomic E-state index is 13.1. The van der Waals surface area contributed by atoms with Crippen LogP contribution in [0.3, 0.4) is 0 Å². The molecule has 43 heavy (non-hydrogen) atoms. The van der Waals surface area contributed by atoms with Crippen molar-refractivity contribution in [3.63, 3.8) is 0 Å². The molecule has 2 aromatic carbocycles. The fourth-order valence-corrected chi connectivity index (χ4v) is 5.97. The number of halogens is 3. The van der Waals surface area contributed by atoms with Gasteiger partial charge in [-0.3, -0.25) is 14.5 Å². The molecular weight excluding hydrogens is 561 g/mol. The Bertz CT molecular complexity index is 1420. The van der Waals surface area contributed by atoms with E-state index >= 15 is 0 Å². The lowest BCUT2D eigenvalue weighted by Crippen LogP contribution is -2.36. The molecule has 228 valence electrons. The normalized spacial score (nSPS) is 18.0. The van der Waals surface area contributed by atoms with Crippen LogP contribution in [0.4, 0.5) is 24.7 Å². The molecule has 0 saturated carbocycles. The van der Waals surface area contributed by atoms with Crippen molar-refractivity contribution in [2.45, 2.75) is 58.0 Å². The number of hydrogen-bond acceptors (Lipinski definition) is 6. The predicted octanol–water partition coefficient (Wildman–Crippen LogP) is 6.57. The highest BCUT2D eigenvalue weighted by molar-refractivity contribution is 6.04. The minimum Gasteiger partial charge on any atom is -0.481 e. The number of benzene rings is 2. The second-order valence-corrected chi connectivity index (χ2v) is 11.1. The van der Waals surface area contributed by atoms with Crippen LogP contribution in [-0.2, 0) is 11.3 Å². The molecular formula is C32H35F3N4O4. The molecule has 8 nitrogen and oxygen atoms in total. The molecule has 1 amide bonds. The van der Waals surface area contributed by atoms with Crippen molar-refractivity contribution in [2.24, 2.45) is 5.92 Å². The summed E-state index contributed by atoms with van der Waals surface area (Å²) in [6, 6.07) is 15.2. The Labute approximate surface area is 248 Å². The lowest BCUT2D eigenvalue weighted by Gasteiger charge is -2.32. The molecule has 1 aromatic heterocycles. The van der Waals surface area contributed by atoms with E-state index in [4.69, 9.17) is 0 Å². The molecule has 3 heterocycles. The number of nitrogens with one attached hydrogen (secondary N) is 1. The van der Waals surface area contributed by atoms with E-state index in [0.717, 1.165) is 42.6 Å². The zero-order valence-corrected chi connectivity index (χ0v) is 23.9. The first-order valence-electron chi connectivity index (χ1n) is 14.6. The van der Waals surface area contributed by atoms with Gasteiger partial charge in [-0.05, 0) is 92.2 Å². The quantitative estimate of drug-likeness (QED) is 0.288. The van der Waals surface area contributed by atoms with Crippen LogP contribution in [0.5, 0.6) is 5.75 Å². The zero-order valence-electron chi connectivity index (χ0n) is 23.9. The van der Waals surface area contributed by atoms with E-state index in [9.17, 15) is 27.9 Å². The molecule has 1 atom stereocenters. The summed E-state index contributed by atoms with van der Waals surface area (Å²) in [6.07, 6.45) is 1.27. The largest absolute Gasteiger partial charge is 0.573 e. The number of carbonyl (C=O) groups excluding carboxylic acids is 1. The summed E-state index contributed by atoms with van der Waals surface area (Å²) in [7, 11) is 0. The summed E-state index contributed by atoms with van der Waals surface area (Å²) < 4.78 is 42.0. The van der Waals surface area contributed by atoms with E-state index in [1.165, 1.54) is 12.1 Å². The van der Waals surface area contributed by atoms with Gasteiger partial charge in [0.1, 0.15) is 11.6 Å². The van der Waals surface area contributed by atoms with Gasteiger partial charge in [0, 0.05) is 48.7 Å². The van der Waals surface area contributed by atoms with Crippen LogP contribution < -0.4 is 15.0 Å². The third-order valence-electron chi connectivity index (χ3n) is 8.31. The molecule has 5 rings (SSSR count). The van der Waals surface area contributed by atoms with Crippen molar-refractivity contribution in [3.8, 4) is 16.9 Å². The molecule has 2 N–H and O–H groups in total. The van der Waals surface area contributed by atoms with Gasteiger partial charge in [0.2, 0.25) is 0 Å². The Balaban J connectivity index is 1.32. The number of carboxylic acids is 1. The van der Waals surface area contributed by atoms with Crippen LogP contribution in [0, 0.1) is 5.92 Å². The van der Waals surface area contributed by atoms with E-state index in [1.807, 2.05) is 18.2 Å². The van der Waals surface area contributed by atoms with Gasteiger partial charge in [-0.25, -0.2) is 4.98 Å². The van der Waals surface area contributed by atoms with Crippen molar-refractivity contribution in [1.29, 1.82) is 0 Å². The Kier molecular flexibility index (Phi) is 9.19. The van der Waals surface area contributed by atoms with Gasteiger partial charge in [-0.1, -0.05) is 19.1 Å². The summed E-state index contributed by atoms with van der Waals surface area (Å²) in [4.78, 5) is 33.4. The number of carboxylic acid groups (broad SMARTS) is 1. The average Bonchev–Trinajstić information content (AvgIpc) is 3.44. The van der Waals surface area contributed by atoms with Crippen molar-refractivity contribution in [1.82, 2.24) is 9.88 Å². The number of amides is 1. The number of rotatable bonds is 9. The topological polar surface area (TPSA) is 95.0 Å². The van der Waals surface area contributed by atoms with Crippen LogP contribution in [0.1, 0.15) is 54.9 Å². The van der Waals surface area contributed by atoms with Crippen LogP contribution in [0.15, 0.2) is 60.8 Å². The molecule has 2 saturated heterocycles. The van der Waals surface area contributed by atoms with Crippen LogP contribution in [0.25, 0.3) is 11.1 Å². The highest BCUT2D eigenvalue weighted by Gasteiger charge is 2.31. The summed E-state index contributed by atoms with van der Waals surface area (Å²) >= 11 is 0. The van der Waals surface area contributed by atoms with Gasteiger partial charge in [-0.15, -0.1) is 13.2 Å². The number of nitrogens with zero attached hydrogens (tertiary/aromatic N) is 3. The van der Waals surface area contributed by atoms with E-state index < -0.39 is 12.3 Å². The van der Waals surface area contributed by atoms with Gasteiger partial charge in [0.25, 0.3) is 5.91 Å². The Morgan fingerprint density at radius 2 is 1.72 bits per heavy atom. The first kappa shape index (κ1) is 30.3. The van der Waals surface area contributed by atoms with E-state index in [-0.39, 0.29) is 17.6 Å². The number of carbonyl (C=O) groups is 2. The third kappa shape index (κ3) is 7.64. The molecule has 2 aliphatic rings. The molecule has 0 unspecified atom stereocenters. The first-order chi connectivity index (χ1) is 20.6. The molecule has 2 fully saturated rings. The number of alkyl halides is 3. The van der Waals surface area contributed by atoms with E-state index in [1.54, 1.807) is 30.5 Å². The number of hydrogen-bond donors (Lipinski definition) is 2. The van der Waals surface area contributed by atoms with E-state index in [0.29, 0.717) is 55.5 Å². The smallest absolute Gasteiger partial charge is 0.481 e. The average molecular weight is 597 g/mol. The Morgan fingerprint density at radius 3 is 2.35 bits per heavy atom. The van der Waals surface area contributed by atoms with Gasteiger partial charge in [0.05, 0.1) is 5.92 Å². The fraction of sp³-hybridized carbons (Fsp3) is 0.406. The summed E-state index contributed by atoms with van der Waals surface area (Å²) in [5.74, 6) is -1.30. The highest BCUT2D eigenvalue weighted by atomic mass is 19.4. The maximum absolute atomic E-state index is 13.1. The molecule has 3 aromatic rings. The summed E-state index contributed by atoms with van der Waals surface area (Å²) in [5.41, 5.74) is 3.78. The third-order valence-corrected chi connectivity index (χ3v) is 8.31. The summed E-state index contributed by atoms with van der Waals surface area (Å²) in [5, 5.41) is 12.1. The standard InChI is InChI=1S/C32H35F3N4O4/c1-2-25-4-3-15-39(25)20-24-18-29(36-19-28(24)21-7-11-27(12-8-21)43-32(33,34)35)37-30(40)22-5-9-26(10-6-22)38-16-13-23(14-17-38)31(41)42/h5-12,18-19,23,25H,2-4,13-17,20H2,1H3,(H,41,42)(H,36,37,40)/t25-/m1/s1. The number of anilines is 2. The predicted molar refractivity (Wildman–Crippen MR) is 157 cm³/mol. The van der Waals surface area contributed by atoms with Crippen molar-refractivity contribution < 1.29 is 32.6 Å². The highest BCUT2D eigenvalue weighted by Crippen LogP contribution is 2.32. The molecule has 2 aliphatic heterocycles. The minimum absolute atomic E-state index is 0.295. The Hall–Kier alpha value is -4.12. The number of likely N-dealkylation sites (tertiary alicyclic amines) is 1. The fourth-order valence-electron chi connectivity index (χ4n) is 5.97. The monoisotopic (exact) mass is 596 g/mol. The maximum Gasteiger partial charge on any atom is 0.573 e. The number of pyridine rings is 1. The molecule has 0 spiro atoms. The van der Waals surface area contributed by atoms with Gasteiger partial charge < -0.3 is 20.1 Å². The molecule has 0 radical (unpaired) electrons. The first-order valence-corrected chi connectivity index (χ1v) is 14.6. The second kappa shape index (κ2) is 13.0. The summed E-state index contributed by atoms with van der Waals surface area (Å²) in [6.45, 7) is 5.02. The number of piperidine rings is 1. The van der Waals surface area contributed by atoms with Gasteiger partial charge in [-0.2, -0.15) is 0 Å². The van der Waals surface area contributed by atoms with Crippen LogP contribution in [-0.4, -0.2) is 58.9 Å². The zero-order chi connectivity index (χ0) is 30.6. The molecule has 11 heteroatoms. The van der Waals surface area contributed by atoms with Crippen molar-refractivity contribution >= 4 is 23.4 Å². The lowest BCUT2D eigenvalue weighted by molar-refractivity contribution is -0.274. The molecule has 0 bridgehead atoms. The van der Waals surface area contributed by atoms with Crippen LogP contribution >= 0.6 is 0 Å². The SMILES string of the molecule is CC[C@@H]1CCCN1Cc1cc(NC(=O)c2ccc(N3CCC(C(=O)O)CC3)cc2)ncc1-c1ccc(OC(F)(F)F)cc1. The van der Waals surface area contributed by atoms with Gasteiger partial charge >= 0.3 is 12.3 Å². The Morgan fingerprint density at radius 1 is 1.02 bits per heavy atom. The minimum atomic E-state index is -4.77. The van der Waals surface area contributed by atoms with Crippen molar-refractivity contribution in [2.75, 3.05) is 29.9 Å². The lowest BCUT2D eigenvalue weighted by atomic mass is 9.96. The number of ether oxygens (including phenoxy) is 1. The van der Waals surface area contributed by atoms with Gasteiger partial charge in [0.15, 0.2) is 0 Å². The van der Waals surface area contributed by atoms with Crippen molar-refractivity contribution in [3.05, 3.63) is 71.9 Å². The molecule has 0 aliphatic carbocycles. The number of aromatic nitrogens is 1.